The summed E-state index contributed by atoms with van der Waals surface area (Å²) in [5.74, 6) is 0.792. The summed E-state index contributed by atoms with van der Waals surface area (Å²) in [6.45, 7) is 5.99. The van der Waals surface area contributed by atoms with Gasteiger partial charge in [0.25, 0.3) is 0 Å². The zero-order chi connectivity index (χ0) is 17.7. The molecule has 0 spiro atoms. The van der Waals surface area contributed by atoms with Crippen molar-refractivity contribution in [3.63, 3.8) is 0 Å². The maximum absolute atomic E-state index is 11.7. The standard InChI is InChI=1S/C16H25N3O4S/c1-13-7-11-18(12-8-13)10-4-9-17-14-5-3-6-15(24(2,22)23)16(14)19(20)21/h3,5-6,13,17H,4,7-12H2,1-2H3. The minimum atomic E-state index is -3.64. The van der Waals surface area contributed by atoms with Gasteiger partial charge in [-0.2, -0.15) is 0 Å². The summed E-state index contributed by atoms with van der Waals surface area (Å²) in [5, 5.41) is 14.3. The predicted molar refractivity (Wildman–Crippen MR) is 94.2 cm³/mol. The fourth-order valence-corrected chi connectivity index (χ4v) is 3.83. The Bertz CT molecular complexity index is 683. The van der Waals surface area contributed by atoms with Crippen molar-refractivity contribution in [2.45, 2.75) is 31.1 Å². The van der Waals surface area contributed by atoms with E-state index in [1.807, 2.05) is 0 Å². The van der Waals surface area contributed by atoms with Crippen LogP contribution in [0.2, 0.25) is 0 Å². The van der Waals surface area contributed by atoms with Crippen LogP contribution in [0.15, 0.2) is 23.1 Å². The summed E-state index contributed by atoms with van der Waals surface area (Å²) in [6, 6.07) is 4.35. The number of anilines is 1. The molecule has 134 valence electrons. The predicted octanol–water partition coefficient (Wildman–Crippen LogP) is 2.53. The van der Waals surface area contributed by atoms with Gasteiger partial charge in [0.15, 0.2) is 9.84 Å². The van der Waals surface area contributed by atoms with Gasteiger partial charge in [0.1, 0.15) is 10.6 Å². The van der Waals surface area contributed by atoms with Gasteiger partial charge in [-0.05, 0) is 56.9 Å². The number of sulfone groups is 1. The van der Waals surface area contributed by atoms with Gasteiger partial charge in [0.05, 0.1) is 4.92 Å². The topological polar surface area (TPSA) is 92.6 Å². The van der Waals surface area contributed by atoms with Crippen LogP contribution in [0.1, 0.15) is 26.2 Å². The van der Waals surface area contributed by atoms with Crippen molar-refractivity contribution >= 4 is 21.2 Å². The molecule has 0 radical (unpaired) electrons. The van der Waals surface area contributed by atoms with Crippen LogP contribution in [0.5, 0.6) is 0 Å². The van der Waals surface area contributed by atoms with Crippen molar-refractivity contribution in [3.05, 3.63) is 28.3 Å². The molecule has 2 rings (SSSR count). The van der Waals surface area contributed by atoms with Gasteiger partial charge in [-0.25, -0.2) is 8.42 Å². The molecule has 1 N–H and O–H groups in total. The minimum Gasteiger partial charge on any atom is -0.379 e. The highest BCUT2D eigenvalue weighted by atomic mass is 32.2. The number of benzene rings is 1. The van der Waals surface area contributed by atoms with E-state index in [-0.39, 0.29) is 16.3 Å². The van der Waals surface area contributed by atoms with Crippen molar-refractivity contribution < 1.29 is 13.3 Å². The number of nitrogens with zero attached hydrogens (tertiary/aromatic N) is 2. The average molecular weight is 355 g/mol. The second-order valence-corrected chi connectivity index (χ2v) is 8.47. The third-order valence-electron chi connectivity index (χ3n) is 4.42. The Labute approximate surface area is 143 Å². The molecule has 7 nitrogen and oxygen atoms in total. The van der Waals surface area contributed by atoms with E-state index >= 15 is 0 Å². The number of nitrogens with one attached hydrogen (secondary N) is 1. The quantitative estimate of drug-likeness (QED) is 0.459. The Hall–Kier alpha value is -1.67. The maximum Gasteiger partial charge on any atom is 0.310 e. The molecule has 1 aliphatic heterocycles. The fraction of sp³-hybridized carbons (Fsp3) is 0.625. The van der Waals surface area contributed by atoms with Crippen molar-refractivity contribution in [2.75, 3.05) is 37.8 Å². The molecule has 1 fully saturated rings. The first-order valence-corrected chi connectivity index (χ1v) is 10.1. The van der Waals surface area contributed by atoms with Crippen LogP contribution < -0.4 is 5.32 Å². The van der Waals surface area contributed by atoms with Gasteiger partial charge in [0, 0.05) is 12.8 Å². The van der Waals surface area contributed by atoms with E-state index in [0.29, 0.717) is 6.54 Å². The molecule has 1 heterocycles. The van der Waals surface area contributed by atoms with Crippen LogP contribution in [0, 0.1) is 16.0 Å². The highest BCUT2D eigenvalue weighted by molar-refractivity contribution is 7.90. The van der Waals surface area contributed by atoms with E-state index < -0.39 is 14.8 Å². The Kier molecular flexibility index (Phi) is 6.17. The Morgan fingerprint density at radius 2 is 2.00 bits per heavy atom. The first kappa shape index (κ1) is 18.7. The average Bonchev–Trinajstić information content (AvgIpc) is 2.52. The number of piperidine rings is 1. The molecule has 1 aromatic rings. The number of nitro groups is 1. The number of likely N-dealkylation sites (tertiary alicyclic amines) is 1. The molecular weight excluding hydrogens is 330 g/mol. The highest BCUT2D eigenvalue weighted by Crippen LogP contribution is 2.31. The molecule has 24 heavy (non-hydrogen) atoms. The van der Waals surface area contributed by atoms with Gasteiger partial charge >= 0.3 is 5.69 Å². The molecule has 0 unspecified atom stereocenters. The van der Waals surface area contributed by atoms with Crippen molar-refractivity contribution in [3.8, 4) is 0 Å². The summed E-state index contributed by atoms with van der Waals surface area (Å²) in [4.78, 5) is 12.8. The van der Waals surface area contributed by atoms with E-state index in [2.05, 4.69) is 17.1 Å². The molecule has 0 aliphatic carbocycles. The molecule has 1 aromatic carbocycles. The first-order chi connectivity index (χ1) is 11.3. The zero-order valence-electron chi connectivity index (χ0n) is 14.2. The lowest BCUT2D eigenvalue weighted by Gasteiger charge is -2.30. The van der Waals surface area contributed by atoms with Crippen LogP contribution in [0.4, 0.5) is 11.4 Å². The van der Waals surface area contributed by atoms with E-state index in [4.69, 9.17) is 0 Å². The molecule has 0 bridgehead atoms. The number of hydrogen-bond acceptors (Lipinski definition) is 6. The molecule has 1 saturated heterocycles. The largest absolute Gasteiger partial charge is 0.379 e. The molecule has 8 heteroatoms. The number of hydrogen-bond donors (Lipinski definition) is 1. The SMILES string of the molecule is CC1CCN(CCCNc2cccc(S(C)(=O)=O)c2[N+](=O)[O-])CC1. The summed E-state index contributed by atoms with van der Waals surface area (Å²) in [6.07, 6.45) is 4.27. The summed E-state index contributed by atoms with van der Waals surface area (Å²) in [5.41, 5.74) is -0.109. The number of para-hydroxylation sites is 1. The summed E-state index contributed by atoms with van der Waals surface area (Å²) < 4.78 is 23.5. The lowest BCUT2D eigenvalue weighted by atomic mass is 9.99. The smallest absolute Gasteiger partial charge is 0.310 e. The van der Waals surface area contributed by atoms with Crippen LogP contribution >= 0.6 is 0 Å². The third kappa shape index (κ3) is 4.91. The molecule has 0 aromatic heterocycles. The molecule has 1 aliphatic rings. The van der Waals surface area contributed by atoms with Gasteiger partial charge in [0.2, 0.25) is 0 Å². The van der Waals surface area contributed by atoms with Crippen LogP contribution in [0.3, 0.4) is 0 Å². The second-order valence-electron chi connectivity index (χ2n) is 6.49. The molecule has 0 amide bonds. The van der Waals surface area contributed by atoms with E-state index in [0.717, 1.165) is 38.2 Å². The maximum atomic E-state index is 11.7. The molecule has 0 saturated carbocycles. The third-order valence-corrected chi connectivity index (χ3v) is 5.55. The fourth-order valence-electron chi connectivity index (χ4n) is 2.96. The number of rotatable bonds is 7. The van der Waals surface area contributed by atoms with Crippen LogP contribution in [0.25, 0.3) is 0 Å². The van der Waals surface area contributed by atoms with E-state index in [1.165, 1.54) is 25.0 Å². The van der Waals surface area contributed by atoms with Crippen LogP contribution in [-0.2, 0) is 9.84 Å². The van der Waals surface area contributed by atoms with Gasteiger partial charge in [-0.3, -0.25) is 10.1 Å². The molecular formula is C16H25N3O4S. The van der Waals surface area contributed by atoms with Gasteiger partial charge < -0.3 is 10.2 Å². The van der Waals surface area contributed by atoms with Crippen molar-refractivity contribution in [1.82, 2.24) is 4.90 Å². The van der Waals surface area contributed by atoms with E-state index in [9.17, 15) is 18.5 Å². The van der Waals surface area contributed by atoms with Crippen LogP contribution in [-0.4, -0.2) is 50.7 Å². The Morgan fingerprint density at radius 1 is 1.33 bits per heavy atom. The highest BCUT2D eigenvalue weighted by Gasteiger charge is 2.25. The van der Waals surface area contributed by atoms with E-state index in [1.54, 1.807) is 6.07 Å². The van der Waals surface area contributed by atoms with Gasteiger partial charge in [-0.15, -0.1) is 0 Å². The lowest BCUT2D eigenvalue weighted by molar-refractivity contribution is -0.386. The zero-order valence-corrected chi connectivity index (χ0v) is 15.0. The van der Waals surface area contributed by atoms with Gasteiger partial charge in [-0.1, -0.05) is 13.0 Å². The van der Waals surface area contributed by atoms with Crippen molar-refractivity contribution in [1.29, 1.82) is 0 Å². The first-order valence-electron chi connectivity index (χ1n) is 8.22. The normalized spacial score (nSPS) is 16.9. The number of nitro benzene ring substituents is 1. The summed E-state index contributed by atoms with van der Waals surface area (Å²) in [7, 11) is -3.64. The monoisotopic (exact) mass is 355 g/mol. The van der Waals surface area contributed by atoms with Crippen molar-refractivity contribution in [2.24, 2.45) is 5.92 Å². The Morgan fingerprint density at radius 3 is 2.58 bits per heavy atom. The lowest BCUT2D eigenvalue weighted by Crippen LogP contribution is -2.34. The summed E-state index contributed by atoms with van der Waals surface area (Å²) >= 11 is 0. The Balaban J connectivity index is 1.96. The second kappa shape index (κ2) is 7.94. The molecule has 0 atom stereocenters. The minimum absolute atomic E-state index is 0.248.